The van der Waals surface area contributed by atoms with Gasteiger partial charge in [0.25, 0.3) is 5.91 Å². The minimum Gasteiger partial charge on any atom is -0.490 e. The normalized spacial score (nSPS) is 12.6. The molecule has 1 N–H and O–H groups in total. The van der Waals surface area contributed by atoms with Crippen molar-refractivity contribution in [3.8, 4) is 11.5 Å². The second-order valence-corrected chi connectivity index (χ2v) is 7.54. The SMILES string of the molecule is CCOc1cc(C(=O)N[C@H](C)c2ccc(C(C)(C)C)cc2)ccc1OC(F)F. The molecule has 0 bridgehead atoms. The van der Waals surface area contributed by atoms with Gasteiger partial charge in [-0.15, -0.1) is 0 Å². The van der Waals surface area contributed by atoms with Gasteiger partial charge in [-0.2, -0.15) is 8.78 Å². The summed E-state index contributed by atoms with van der Waals surface area (Å²) < 4.78 is 34.8. The topological polar surface area (TPSA) is 47.6 Å². The lowest BCUT2D eigenvalue weighted by Crippen LogP contribution is -2.26. The van der Waals surface area contributed by atoms with Crippen LogP contribution < -0.4 is 14.8 Å². The van der Waals surface area contributed by atoms with Crippen molar-refractivity contribution in [3.05, 3.63) is 59.2 Å². The predicted octanol–water partition coefficient (Wildman–Crippen LogP) is 5.48. The fourth-order valence-electron chi connectivity index (χ4n) is 2.75. The molecule has 0 aliphatic heterocycles. The highest BCUT2D eigenvalue weighted by molar-refractivity contribution is 5.95. The number of carbonyl (C=O) groups is 1. The van der Waals surface area contributed by atoms with E-state index in [-0.39, 0.29) is 35.5 Å². The van der Waals surface area contributed by atoms with E-state index < -0.39 is 6.61 Å². The van der Waals surface area contributed by atoms with E-state index in [1.54, 1.807) is 6.92 Å². The van der Waals surface area contributed by atoms with Crippen molar-refractivity contribution >= 4 is 5.91 Å². The van der Waals surface area contributed by atoms with Crippen LogP contribution in [0.15, 0.2) is 42.5 Å². The van der Waals surface area contributed by atoms with Gasteiger partial charge in [-0.1, -0.05) is 45.0 Å². The van der Waals surface area contributed by atoms with Crippen molar-refractivity contribution in [2.24, 2.45) is 0 Å². The zero-order chi connectivity index (χ0) is 20.9. The minimum absolute atomic E-state index is 0.0583. The molecule has 1 atom stereocenters. The number of carbonyl (C=O) groups excluding carboxylic acids is 1. The predicted molar refractivity (Wildman–Crippen MR) is 105 cm³/mol. The first-order valence-corrected chi connectivity index (χ1v) is 9.24. The summed E-state index contributed by atoms with van der Waals surface area (Å²) in [4.78, 5) is 12.6. The Morgan fingerprint density at radius 1 is 1.07 bits per heavy atom. The first-order chi connectivity index (χ1) is 13.1. The highest BCUT2D eigenvalue weighted by Crippen LogP contribution is 2.30. The first-order valence-electron chi connectivity index (χ1n) is 9.24. The number of hydrogen-bond donors (Lipinski definition) is 1. The van der Waals surface area contributed by atoms with E-state index in [1.165, 1.54) is 23.8 Å². The van der Waals surface area contributed by atoms with Crippen LogP contribution in [-0.4, -0.2) is 19.1 Å². The van der Waals surface area contributed by atoms with E-state index in [2.05, 4.69) is 43.0 Å². The molecule has 1 amide bonds. The van der Waals surface area contributed by atoms with Crippen LogP contribution in [0.5, 0.6) is 11.5 Å². The molecule has 4 nitrogen and oxygen atoms in total. The molecule has 0 aromatic heterocycles. The fourth-order valence-corrected chi connectivity index (χ4v) is 2.75. The van der Waals surface area contributed by atoms with E-state index in [0.717, 1.165) is 5.56 Å². The number of ether oxygens (including phenoxy) is 2. The summed E-state index contributed by atoms with van der Waals surface area (Å²) >= 11 is 0. The van der Waals surface area contributed by atoms with Crippen molar-refractivity contribution in [2.45, 2.75) is 52.7 Å². The van der Waals surface area contributed by atoms with Gasteiger partial charge < -0.3 is 14.8 Å². The molecule has 152 valence electrons. The van der Waals surface area contributed by atoms with Crippen LogP contribution in [0.2, 0.25) is 0 Å². The van der Waals surface area contributed by atoms with Crippen LogP contribution in [0.1, 0.15) is 62.1 Å². The smallest absolute Gasteiger partial charge is 0.387 e. The average molecular weight is 391 g/mol. The minimum atomic E-state index is -2.96. The maximum absolute atomic E-state index is 12.6. The Bertz CT molecular complexity index is 798. The molecule has 0 radical (unpaired) electrons. The number of rotatable bonds is 7. The third-order valence-electron chi connectivity index (χ3n) is 4.35. The molecule has 0 aliphatic carbocycles. The zero-order valence-corrected chi connectivity index (χ0v) is 16.9. The highest BCUT2D eigenvalue weighted by Gasteiger charge is 2.18. The van der Waals surface area contributed by atoms with Gasteiger partial charge in [0.05, 0.1) is 12.6 Å². The maximum Gasteiger partial charge on any atom is 0.387 e. The van der Waals surface area contributed by atoms with Gasteiger partial charge in [0.2, 0.25) is 0 Å². The molecule has 0 spiro atoms. The van der Waals surface area contributed by atoms with Gasteiger partial charge in [0.1, 0.15) is 0 Å². The Labute approximate surface area is 164 Å². The number of hydrogen-bond acceptors (Lipinski definition) is 3. The number of amides is 1. The van der Waals surface area contributed by atoms with Crippen LogP contribution in [0.4, 0.5) is 8.78 Å². The van der Waals surface area contributed by atoms with Crippen LogP contribution >= 0.6 is 0 Å². The highest BCUT2D eigenvalue weighted by atomic mass is 19.3. The molecule has 0 saturated heterocycles. The third kappa shape index (κ3) is 5.68. The summed E-state index contributed by atoms with van der Waals surface area (Å²) in [5, 5.41) is 2.92. The van der Waals surface area contributed by atoms with Gasteiger partial charge in [-0.25, -0.2) is 0 Å². The van der Waals surface area contributed by atoms with Crippen LogP contribution in [0, 0.1) is 0 Å². The molecule has 28 heavy (non-hydrogen) atoms. The van der Waals surface area contributed by atoms with E-state index in [0.29, 0.717) is 5.56 Å². The lowest BCUT2D eigenvalue weighted by molar-refractivity contribution is -0.0514. The molecule has 0 saturated carbocycles. The Kier molecular flexibility index (Phi) is 7.00. The van der Waals surface area contributed by atoms with Gasteiger partial charge in [0, 0.05) is 5.56 Å². The van der Waals surface area contributed by atoms with Crippen LogP contribution in [-0.2, 0) is 5.41 Å². The molecular weight excluding hydrogens is 364 g/mol. The molecule has 2 aromatic rings. The Hall–Kier alpha value is -2.63. The monoisotopic (exact) mass is 391 g/mol. The number of nitrogens with one attached hydrogen (secondary N) is 1. The Morgan fingerprint density at radius 2 is 1.71 bits per heavy atom. The number of halogens is 2. The average Bonchev–Trinajstić information content (AvgIpc) is 2.62. The molecule has 2 aromatic carbocycles. The molecule has 0 aliphatic rings. The van der Waals surface area contributed by atoms with Gasteiger partial charge in [-0.3, -0.25) is 4.79 Å². The standard InChI is InChI=1S/C22H27F2NO3/c1-6-27-19-13-16(9-12-18(19)28-21(23)24)20(26)25-14(2)15-7-10-17(11-8-15)22(3,4)5/h7-14,21H,6H2,1-5H3,(H,25,26)/t14-/m1/s1. The second kappa shape index (κ2) is 9.04. The summed E-state index contributed by atoms with van der Waals surface area (Å²) in [6, 6.07) is 12.1. The lowest BCUT2D eigenvalue weighted by atomic mass is 9.86. The van der Waals surface area contributed by atoms with Crippen molar-refractivity contribution < 1.29 is 23.0 Å². The van der Waals surface area contributed by atoms with E-state index in [9.17, 15) is 13.6 Å². The van der Waals surface area contributed by atoms with Gasteiger partial charge in [0.15, 0.2) is 11.5 Å². The van der Waals surface area contributed by atoms with Crippen molar-refractivity contribution in [1.29, 1.82) is 0 Å². The maximum atomic E-state index is 12.6. The van der Waals surface area contributed by atoms with E-state index >= 15 is 0 Å². The summed E-state index contributed by atoms with van der Waals surface area (Å²) in [7, 11) is 0. The van der Waals surface area contributed by atoms with Gasteiger partial charge in [-0.05, 0) is 48.6 Å². The Morgan fingerprint density at radius 3 is 2.25 bits per heavy atom. The summed E-state index contributed by atoms with van der Waals surface area (Å²) in [6.45, 7) is 7.35. The second-order valence-electron chi connectivity index (χ2n) is 7.54. The van der Waals surface area contributed by atoms with E-state index in [1.807, 2.05) is 19.1 Å². The summed E-state index contributed by atoms with van der Waals surface area (Å²) in [5.41, 5.74) is 2.56. The Balaban J connectivity index is 2.14. The lowest BCUT2D eigenvalue weighted by Gasteiger charge is -2.21. The van der Waals surface area contributed by atoms with Crippen LogP contribution in [0.3, 0.4) is 0 Å². The molecule has 6 heteroatoms. The third-order valence-corrected chi connectivity index (χ3v) is 4.35. The first kappa shape index (κ1) is 21.7. The molecular formula is C22H27F2NO3. The van der Waals surface area contributed by atoms with Crippen LogP contribution in [0.25, 0.3) is 0 Å². The van der Waals surface area contributed by atoms with Crippen molar-refractivity contribution in [1.82, 2.24) is 5.32 Å². The largest absolute Gasteiger partial charge is 0.490 e. The number of benzene rings is 2. The molecule has 2 rings (SSSR count). The van der Waals surface area contributed by atoms with Crippen molar-refractivity contribution in [2.75, 3.05) is 6.61 Å². The molecule has 0 fully saturated rings. The summed E-state index contributed by atoms with van der Waals surface area (Å²) in [5.74, 6) is -0.311. The summed E-state index contributed by atoms with van der Waals surface area (Å²) in [6.07, 6.45) is 0. The zero-order valence-electron chi connectivity index (χ0n) is 16.9. The van der Waals surface area contributed by atoms with Crippen molar-refractivity contribution in [3.63, 3.8) is 0 Å². The quantitative estimate of drug-likeness (QED) is 0.680. The van der Waals surface area contributed by atoms with E-state index in [4.69, 9.17) is 4.74 Å². The van der Waals surface area contributed by atoms with Gasteiger partial charge >= 0.3 is 6.61 Å². The molecule has 0 unspecified atom stereocenters. The fraction of sp³-hybridized carbons (Fsp3) is 0.409. The number of alkyl halides is 2. The molecule has 0 heterocycles.